The highest BCUT2D eigenvalue weighted by atomic mass is 35.5. The van der Waals surface area contributed by atoms with E-state index in [0.717, 1.165) is 5.56 Å². The Morgan fingerprint density at radius 3 is 2.53 bits per heavy atom. The summed E-state index contributed by atoms with van der Waals surface area (Å²) in [4.78, 5) is 10.9. The van der Waals surface area contributed by atoms with Crippen molar-refractivity contribution in [1.82, 2.24) is 0 Å². The maximum absolute atomic E-state index is 10.9. The standard InChI is InChI=1S/C11H13NO2.ClH/c1-14-11(13)10(12)8-7-9-5-3-2-4-6-9;/h2-8,10H,12H2,1H3;1H. The molecule has 3 nitrogen and oxygen atoms in total. The summed E-state index contributed by atoms with van der Waals surface area (Å²) in [6.45, 7) is 0. The van der Waals surface area contributed by atoms with E-state index in [4.69, 9.17) is 5.73 Å². The second kappa shape index (κ2) is 7.04. The number of hydrogen-bond donors (Lipinski definition) is 1. The topological polar surface area (TPSA) is 52.3 Å². The van der Waals surface area contributed by atoms with E-state index in [1.54, 1.807) is 12.2 Å². The molecule has 0 aromatic heterocycles. The number of esters is 1. The molecule has 0 spiro atoms. The molecular weight excluding hydrogens is 214 g/mol. The van der Waals surface area contributed by atoms with Gasteiger partial charge in [0.25, 0.3) is 0 Å². The number of nitrogens with two attached hydrogens (primary N) is 1. The lowest BCUT2D eigenvalue weighted by Gasteiger charge is -2.02. The fraction of sp³-hybridized carbons (Fsp3) is 0.182. The number of carbonyl (C=O) groups is 1. The second-order valence-electron chi connectivity index (χ2n) is 2.82. The molecule has 82 valence electrons. The fourth-order valence-electron chi connectivity index (χ4n) is 0.994. The van der Waals surface area contributed by atoms with Crippen LogP contribution in [0.5, 0.6) is 0 Å². The van der Waals surface area contributed by atoms with E-state index in [0.29, 0.717) is 0 Å². The van der Waals surface area contributed by atoms with Gasteiger partial charge in [0, 0.05) is 0 Å². The van der Waals surface area contributed by atoms with Crippen LogP contribution in [0.2, 0.25) is 0 Å². The number of halogens is 1. The predicted molar refractivity (Wildman–Crippen MR) is 62.7 cm³/mol. The zero-order chi connectivity index (χ0) is 10.4. The molecule has 0 aliphatic rings. The molecular formula is C11H14ClNO2. The Labute approximate surface area is 95.3 Å². The van der Waals surface area contributed by atoms with Crippen LogP contribution in [0.15, 0.2) is 36.4 Å². The first-order valence-corrected chi connectivity index (χ1v) is 4.30. The summed E-state index contributed by atoms with van der Waals surface area (Å²) in [6, 6.07) is 8.94. The van der Waals surface area contributed by atoms with Crippen molar-refractivity contribution in [3.8, 4) is 0 Å². The fourth-order valence-corrected chi connectivity index (χ4v) is 0.994. The molecule has 0 bridgehead atoms. The van der Waals surface area contributed by atoms with Gasteiger partial charge in [-0.05, 0) is 5.56 Å². The first-order valence-electron chi connectivity index (χ1n) is 4.30. The van der Waals surface area contributed by atoms with Gasteiger partial charge in [-0.25, -0.2) is 0 Å². The molecule has 1 aromatic rings. The van der Waals surface area contributed by atoms with Gasteiger partial charge in [0.15, 0.2) is 0 Å². The average molecular weight is 228 g/mol. The minimum Gasteiger partial charge on any atom is -0.468 e. The molecule has 0 amide bonds. The van der Waals surface area contributed by atoms with E-state index < -0.39 is 12.0 Å². The molecule has 0 fully saturated rings. The molecule has 2 N–H and O–H groups in total. The summed E-state index contributed by atoms with van der Waals surface area (Å²) in [5.74, 6) is -0.433. The largest absolute Gasteiger partial charge is 0.468 e. The van der Waals surface area contributed by atoms with E-state index in [2.05, 4.69) is 4.74 Å². The molecule has 0 saturated carbocycles. The molecule has 0 radical (unpaired) electrons. The Kier molecular flexibility index (Phi) is 6.42. The molecule has 1 unspecified atom stereocenters. The first-order chi connectivity index (χ1) is 6.74. The summed E-state index contributed by atoms with van der Waals surface area (Å²) in [7, 11) is 1.32. The third-order valence-electron chi connectivity index (χ3n) is 1.77. The maximum atomic E-state index is 10.9. The number of carbonyl (C=O) groups excluding carboxylic acids is 1. The first kappa shape index (κ1) is 13.7. The number of methoxy groups -OCH3 is 1. The van der Waals surface area contributed by atoms with Gasteiger partial charge in [0.2, 0.25) is 0 Å². The van der Waals surface area contributed by atoms with Gasteiger partial charge in [-0.3, -0.25) is 4.79 Å². The number of rotatable bonds is 3. The van der Waals surface area contributed by atoms with Crippen LogP contribution in [0.4, 0.5) is 0 Å². The van der Waals surface area contributed by atoms with Crippen LogP contribution in [0.1, 0.15) is 5.56 Å². The van der Waals surface area contributed by atoms with Crippen molar-refractivity contribution in [2.24, 2.45) is 5.73 Å². The minimum atomic E-state index is -0.694. The molecule has 1 atom stereocenters. The molecule has 0 heterocycles. The Hall–Kier alpha value is -1.32. The Morgan fingerprint density at radius 1 is 1.40 bits per heavy atom. The zero-order valence-electron chi connectivity index (χ0n) is 8.42. The van der Waals surface area contributed by atoms with Crippen LogP contribution in [-0.4, -0.2) is 19.1 Å². The second-order valence-corrected chi connectivity index (χ2v) is 2.82. The van der Waals surface area contributed by atoms with Gasteiger partial charge in [-0.15, -0.1) is 12.4 Å². The Morgan fingerprint density at radius 2 is 2.00 bits per heavy atom. The van der Waals surface area contributed by atoms with Crippen LogP contribution in [0.3, 0.4) is 0 Å². The van der Waals surface area contributed by atoms with Crippen molar-refractivity contribution < 1.29 is 9.53 Å². The molecule has 0 saturated heterocycles. The van der Waals surface area contributed by atoms with Crippen molar-refractivity contribution in [3.63, 3.8) is 0 Å². The highest BCUT2D eigenvalue weighted by Crippen LogP contribution is 2.01. The quantitative estimate of drug-likeness (QED) is 0.799. The SMILES string of the molecule is COC(=O)C(N)C=Cc1ccccc1.Cl. The van der Waals surface area contributed by atoms with Gasteiger partial charge < -0.3 is 10.5 Å². The van der Waals surface area contributed by atoms with Gasteiger partial charge in [0.1, 0.15) is 6.04 Å². The van der Waals surface area contributed by atoms with Crippen molar-refractivity contribution >= 4 is 24.5 Å². The van der Waals surface area contributed by atoms with E-state index in [-0.39, 0.29) is 12.4 Å². The van der Waals surface area contributed by atoms with Crippen LogP contribution in [0.25, 0.3) is 6.08 Å². The van der Waals surface area contributed by atoms with Crippen LogP contribution >= 0.6 is 12.4 Å². The summed E-state index contributed by atoms with van der Waals surface area (Å²) in [6.07, 6.45) is 3.41. The van der Waals surface area contributed by atoms with E-state index in [9.17, 15) is 4.79 Å². The number of benzene rings is 1. The normalized spacial score (nSPS) is 11.9. The lowest BCUT2D eigenvalue weighted by atomic mass is 10.2. The van der Waals surface area contributed by atoms with Crippen LogP contribution < -0.4 is 5.73 Å². The summed E-state index contributed by atoms with van der Waals surface area (Å²) in [5, 5.41) is 0. The van der Waals surface area contributed by atoms with Crippen molar-refractivity contribution in [1.29, 1.82) is 0 Å². The monoisotopic (exact) mass is 227 g/mol. The highest BCUT2D eigenvalue weighted by Gasteiger charge is 2.08. The van der Waals surface area contributed by atoms with Crippen molar-refractivity contribution in [2.45, 2.75) is 6.04 Å². The number of hydrogen-bond acceptors (Lipinski definition) is 3. The van der Waals surface area contributed by atoms with E-state index in [1.807, 2.05) is 30.3 Å². The zero-order valence-corrected chi connectivity index (χ0v) is 9.24. The molecule has 0 aliphatic heterocycles. The average Bonchev–Trinajstić information content (AvgIpc) is 2.26. The van der Waals surface area contributed by atoms with Crippen LogP contribution in [0, 0.1) is 0 Å². The summed E-state index contributed by atoms with van der Waals surface area (Å²) in [5.41, 5.74) is 6.52. The Bertz CT molecular complexity index is 325. The maximum Gasteiger partial charge on any atom is 0.326 e. The third kappa shape index (κ3) is 4.63. The molecule has 15 heavy (non-hydrogen) atoms. The lowest BCUT2D eigenvalue weighted by Crippen LogP contribution is -2.28. The molecule has 4 heteroatoms. The van der Waals surface area contributed by atoms with E-state index in [1.165, 1.54) is 7.11 Å². The molecule has 0 aliphatic carbocycles. The smallest absolute Gasteiger partial charge is 0.326 e. The van der Waals surface area contributed by atoms with Gasteiger partial charge in [-0.2, -0.15) is 0 Å². The van der Waals surface area contributed by atoms with Crippen molar-refractivity contribution in [2.75, 3.05) is 7.11 Å². The highest BCUT2D eigenvalue weighted by molar-refractivity contribution is 5.85. The van der Waals surface area contributed by atoms with Crippen LogP contribution in [-0.2, 0) is 9.53 Å². The molecule has 1 aromatic carbocycles. The van der Waals surface area contributed by atoms with Gasteiger partial charge in [0.05, 0.1) is 7.11 Å². The summed E-state index contributed by atoms with van der Waals surface area (Å²) < 4.78 is 4.49. The molecule has 1 rings (SSSR count). The third-order valence-corrected chi connectivity index (χ3v) is 1.77. The Balaban J connectivity index is 0.00000196. The lowest BCUT2D eigenvalue weighted by molar-refractivity contribution is -0.140. The number of ether oxygens (including phenoxy) is 1. The van der Waals surface area contributed by atoms with E-state index >= 15 is 0 Å². The van der Waals surface area contributed by atoms with Crippen molar-refractivity contribution in [3.05, 3.63) is 42.0 Å². The summed E-state index contributed by atoms with van der Waals surface area (Å²) >= 11 is 0. The van der Waals surface area contributed by atoms with Gasteiger partial charge in [-0.1, -0.05) is 42.5 Å². The predicted octanol–water partition coefficient (Wildman–Crippen LogP) is 1.62. The van der Waals surface area contributed by atoms with Gasteiger partial charge >= 0.3 is 5.97 Å². The minimum absolute atomic E-state index is 0.